The lowest BCUT2D eigenvalue weighted by molar-refractivity contribution is -0.156. The third kappa shape index (κ3) is 4.11. The third-order valence-corrected chi connectivity index (χ3v) is 6.87. The molecule has 0 N–H and O–H groups in total. The normalized spacial score (nSPS) is 18.5. The molecule has 0 aromatic heterocycles. The Balaban J connectivity index is 1.41. The van der Waals surface area contributed by atoms with Gasteiger partial charge in [-0.3, -0.25) is 24.2 Å². The van der Waals surface area contributed by atoms with Crippen molar-refractivity contribution in [3.63, 3.8) is 0 Å². The molecule has 5 rings (SSSR count). The lowest BCUT2D eigenvalue weighted by Gasteiger charge is -2.46. The fourth-order valence-corrected chi connectivity index (χ4v) is 5.07. The number of benzene rings is 3. The van der Waals surface area contributed by atoms with Gasteiger partial charge in [0.2, 0.25) is 0 Å². The van der Waals surface area contributed by atoms with Crippen LogP contribution in [-0.2, 0) is 14.3 Å². The Morgan fingerprint density at radius 2 is 1.24 bits per heavy atom. The Morgan fingerprint density at radius 3 is 1.68 bits per heavy atom. The van der Waals surface area contributed by atoms with Gasteiger partial charge in [0.1, 0.15) is 11.2 Å². The first-order valence-electron chi connectivity index (χ1n) is 11.7. The topological polar surface area (TPSA) is 84.0 Å². The number of esters is 1. The van der Waals surface area contributed by atoms with E-state index in [9.17, 15) is 19.2 Å². The highest BCUT2D eigenvalue weighted by molar-refractivity contribution is 6.30. The molecule has 2 aliphatic rings. The minimum Gasteiger partial charge on any atom is -0.448 e. The van der Waals surface area contributed by atoms with Gasteiger partial charge in [-0.25, -0.2) is 4.79 Å². The third-order valence-electron chi connectivity index (χ3n) is 6.44. The number of halogens is 1. The number of fused-ring (bicyclic) bond motifs is 1. The van der Waals surface area contributed by atoms with Crippen molar-refractivity contribution in [2.75, 3.05) is 0 Å². The number of imide groups is 1. The van der Waals surface area contributed by atoms with E-state index in [4.69, 9.17) is 16.3 Å². The molecule has 1 saturated heterocycles. The van der Waals surface area contributed by atoms with Crippen molar-refractivity contribution in [2.45, 2.75) is 31.5 Å². The molecule has 3 amide bonds. The highest BCUT2D eigenvalue weighted by Gasteiger charge is 2.58. The molecule has 0 aliphatic carbocycles. The van der Waals surface area contributed by atoms with Gasteiger partial charge in [0.25, 0.3) is 17.7 Å². The van der Waals surface area contributed by atoms with Gasteiger partial charge in [-0.05, 0) is 42.7 Å². The summed E-state index contributed by atoms with van der Waals surface area (Å²) in [5, 5.41) is 0. The lowest BCUT2D eigenvalue weighted by atomic mass is 10.0. The molecule has 37 heavy (non-hydrogen) atoms. The van der Waals surface area contributed by atoms with Crippen LogP contribution in [0, 0.1) is 0 Å². The first-order chi connectivity index (χ1) is 17.8. The van der Waals surface area contributed by atoms with Crippen LogP contribution in [0.2, 0.25) is 0 Å². The number of alkyl halides is 1. The number of allylic oxidation sites excluding steroid dienone is 1. The van der Waals surface area contributed by atoms with Gasteiger partial charge in [-0.1, -0.05) is 84.4 Å². The van der Waals surface area contributed by atoms with Crippen molar-refractivity contribution in [1.29, 1.82) is 0 Å². The SMILES string of the molecule is CC(C)=C(C(=O)OC(c1ccccc1)c1ccccc1)N1C(=O)[C@H](N2C(=O)c3ccccc3C2=O)[C@@H]1Cl. The number of nitrogens with zero attached hydrogens (tertiary/aromatic N) is 2. The zero-order valence-electron chi connectivity index (χ0n) is 20.1. The Kier molecular flexibility index (Phi) is 6.39. The number of ether oxygens (including phenoxy) is 1. The van der Waals surface area contributed by atoms with Crippen molar-refractivity contribution in [3.05, 3.63) is 118 Å². The summed E-state index contributed by atoms with van der Waals surface area (Å²) in [4.78, 5) is 54.6. The van der Waals surface area contributed by atoms with Crippen molar-refractivity contribution in [2.24, 2.45) is 0 Å². The van der Waals surface area contributed by atoms with Crippen LogP contribution in [0.25, 0.3) is 0 Å². The monoisotopic (exact) mass is 514 g/mol. The number of amides is 3. The predicted molar refractivity (Wildman–Crippen MR) is 136 cm³/mol. The van der Waals surface area contributed by atoms with E-state index < -0.39 is 41.3 Å². The number of carbonyl (C=O) groups excluding carboxylic acids is 4. The summed E-state index contributed by atoms with van der Waals surface area (Å²) in [6.07, 6.45) is -0.721. The minimum absolute atomic E-state index is 0.0188. The zero-order chi connectivity index (χ0) is 26.3. The second-order valence-electron chi connectivity index (χ2n) is 9.01. The van der Waals surface area contributed by atoms with Crippen LogP contribution in [-0.4, -0.2) is 45.0 Å². The first kappa shape index (κ1) is 24.5. The van der Waals surface area contributed by atoms with Crippen molar-refractivity contribution in [3.8, 4) is 0 Å². The maximum Gasteiger partial charge on any atom is 0.355 e. The minimum atomic E-state index is -1.23. The number of β-lactam (4-membered cyclic amide) rings is 1. The maximum absolute atomic E-state index is 13.5. The van der Waals surface area contributed by atoms with Gasteiger partial charge in [0, 0.05) is 0 Å². The fraction of sp³-hybridized carbons (Fsp3) is 0.172. The van der Waals surface area contributed by atoms with Crippen molar-refractivity contribution >= 4 is 35.3 Å². The number of carbonyl (C=O) groups is 4. The van der Waals surface area contributed by atoms with Crippen LogP contribution < -0.4 is 0 Å². The molecule has 2 atom stereocenters. The smallest absolute Gasteiger partial charge is 0.355 e. The maximum atomic E-state index is 13.5. The largest absolute Gasteiger partial charge is 0.448 e. The van der Waals surface area contributed by atoms with E-state index in [2.05, 4.69) is 0 Å². The summed E-state index contributed by atoms with van der Waals surface area (Å²) in [7, 11) is 0. The molecular formula is C29H23ClN2O5. The van der Waals surface area contributed by atoms with Gasteiger partial charge in [-0.2, -0.15) is 0 Å². The quantitative estimate of drug-likeness (QED) is 0.119. The van der Waals surface area contributed by atoms with E-state index in [0.717, 1.165) is 20.9 Å². The van der Waals surface area contributed by atoms with E-state index >= 15 is 0 Å². The Morgan fingerprint density at radius 1 is 0.784 bits per heavy atom. The van der Waals surface area contributed by atoms with E-state index in [-0.39, 0.29) is 16.8 Å². The second-order valence-corrected chi connectivity index (χ2v) is 9.45. The second kappa shape index (κ2) is 9.67. The van der Waals surface area contributed by atoms with Crippen LogP contribution in [0.4, 0.5) is 0 Å². The molecule has 7 nitrogen and oxygen atoms in total. The number of hydrogen-bond donors (Lipinski definition) is 0. The Bertz CT molecular complexity index is 1360. The van der Waals surface area contributed by atoms with Crippen molar-refractivity contribution in [1.82, 2.24) is 9.80 Å². The van der Waals surface area contributed by atoms with E-state index in [1.54, 1.807) is 26.0 Å². The highest BCUT2D eigenvalue weighted by atomic mass is 35.5. The first-order valence-corrected chi connectivity index (χ1v) is 12.2. The molecule has 2 heterocycles. The lowest BCUT2D eigenvalue weighted by Crippen LogP contribution is -2.69. The molecule has 1 fully saturated rings. The highest BCUT2D eigenvalue weighted by Crippen LogP contribution is 2.38. The molecular weight excluding hydrogens is 492 g/mol. The summed E-state index contributed by atoms with van der Waals surface area (Å²) in [5.74, 6) is -2.53. The predicted octanol–water partition coefficient (Wildman–Crippen LogP) is 4.69. The fourth-order valence-electron chi connectivity index (χ4n) is 4.66. The number of hydrogen-bond acceptors (Lipinski definition) is 5. The molecule has 3 aromatic carbocycles. The summed E-state index contributed by atoms with van der Waals surface area (Å²) < 4.78 is 5.96. The summed E-state index contributed by atoms with van der Waals surface area (Å²) in [6.45, 7) is 3.34. The van der Waals surface area contributed by atoms with Gasteiger partial charge in [0.05, 0.1) is 11.1 Å². The van der Waals surface area contributed by atoms with E-state index in [1.807, 2.05) is 60.7 Å². The van der Waals surface area contributed by atoms with Gasteiger partial charge < -0.3 is 4.74 Å². The van der Waals surface area contributed by atoms with E-state index in [0.29, 0.717) is 5.57 Å². The van der Waals surface area contributed by atoms with Gasteiger partial charge in [0.15, 0.2) is 12.1 Å². The van der Waals surface area contributed by atoms with Crippen molar-refractivity contribution < 1.29 is 23.9 Å². The Labute approximate surface area is 218 Å². The molecule has 8 heteroatoms. The molecule has 0 bridgehead atoms. The average Bonchev–Trinajstić information content (AvgIpc) is 3.16. The van der Waals surface area contributed by atoms with Crippen LogP contribution in [0.3, 0.4) is 0 Å². The van der Waals surface area contributed by atoms with Crippen LogP contribution in [0.15, 0.2) is 96.2 Å². The average molecular weight is 515 g/mol. The molecule has 186 valence electrons. The number of likely N-dealkylation sites (tertiary alicyclic amines) is 1. The molecule has 3 aromatic rings. The molecule has 0 spiro atoms. The molecule has 0 radical (unpaired) electrons. The van der Waals surface area contributed by atoms with E-state index in [1.165, 1.54) is 12.1 Å². The molecule has 0 unspecified atom stereocenters. The molecule has 0 saturated carbocycles. The summed E-state index contributed by atoms with van der Waals surface area (Å²) in [5.41, 5.74) is 1.32. The summed E-state index contributed by atoms with van der Waals surface area (Å²) in [6, 6.07) is 23.7. The van der Waals surface area contributed by atoms with Crippen LogP contribution in [0.1, 0.15) is 51.8 Å². The zero-order valence-corrected chi connectivity index (χ0v) is 20.9. The van der Waals surface area contributed by atoms with Gasteiger partial charge >= 0.3 is 5.97 Å². The van der Waals surface area contributed by atoms with Gasteiger partial charge in [-0.15, -0.1) is 0 Å². The van der Waals surface area contributed by atoms with Crippen LogP contribution >= 0.6 is 11.6 Å². The Hall–Kier alpha value is -4.23. The van der Waals surface area contributed by atoms with Crippen LogP contribution in [0.5, 0.6) is 0 Å². The molecule has 2 aliphatic heterocycles. The summed E-state index contributed by atoms with van der Waals surface area (Å²) >= 11 is 6.60. The number of rotatable bonds is 6. The standard InChI is InChI=1S/C29H23ClN2O5/c1-17(2)22(29(36)37-24(18-11-5-3-6-12-18)19-13-7-4-8-14-19)31-25(30)23(28(31)35)32-26(33)20-15-9-10-16-21(20)27(32)34/h3-16,23-25H,1-2H3/t23-,25-/m1/s1.